The maximum atomic E-state index is 12.2. The van der Waals surface area contributed by atoms with E-state index in [-0.39, 0.29) is 24.5 Å². The van der Waals surface area contributed by atoms with Crippen molar-refractivity contribution >= 4 is 11.8 Å². The van der Waals surface area contributed by atoms with Crippen molar-refractivity contribution in [3.63, 3.8) is 0 Å². The number of amides is 2. The van der Waals surface area contributed by atoms with Crippen LogP contribution in [0.3, 0.4) is 0 Å². The molecule has 0 radical (unpaired) electrons. The minimum atomic E-state index is -0.484. The normalized spacial score (nSPS) is 23.9. The molecule has 0 aromatic heterocycles. The molecule has 0 bridgehead atoms. The highest BCUT2D eigenvalue weighted by Crippen LogP contribution is 2.12. The largest absolute Gasteiger partial charge is 0.376 e. The van der Waals surface area contributed by atoms with Gasteiger partial charge in [0, 0.05) is 19.7 Å². The molecule has 0 unspecified atom stereocenters. The predicted octanol–water partition coefficient (Wildman–Crippen LogP) is 0.699. The van der Waals surface area contributed by atoms with E-state index in [2.05, 4.69) is 5.32 Å². The van der Waals surface area contributed by atoms with Crippen LogP contribution in [0.15, 0.2) is 0 Å². The van der Waals surface area contributed by atoms with Crippen molar-refractivity contribution in [3.05, 3.63) is 0 Å². The molecule has 0 saturated carbocycles. The van der Waals surface area contributed by atoms with Crippen LogP contribution >= 0.6 is 0 Å². The second kappa shape index (κ2) is 8.34. The molecule has 2 saturated heterocycles. The number of likely N-dealkylation sites (tertiary alicyclic amines) is 1. The number of piperidine rings is 1. The van der Waals surface area contributed by atoms with Crippen molar-refractivity contribution in [3.8, 4) is 0 Å². The lowest BCUT2D eigenvalue weighted by Gasteiger charge is -2.29. The highest BCUT2D eigenvalue weighted by Gasteiger charge is 2.23. The summed E-state index contributed by atoms with van der Waals surface area (Å²) in [6, 6.07) is -0.484. The van der Waals surface area contributed by atoms with E-state index in [1.165, 1.54) is 6.42 Å². The quantitative estimate of drug-likeness (QED) is 0.784. The Morgan fingerprint density at radius 1 is 1.29 bits per heavy atom. The number of nitrogens with one attached hydrogen (secondary N) is 1. The van der Waals surface area contributed by atoms with Gasteiger partial charge in [0.05, 0.1) is 12.7 Å². The molecule has 0 spiro atoms. The smallest absolute Gasteiger partial charge is 0.246 e. The maximum absolute atomic E-state index is 12.2. The van der Waals surface area contributed by atoms with Gasteiger partial charge < -0.3 is 19.7 Å². The third-order valence-electron chi connectivity index (χ3n) is 3.98. The topological polar surface area (TPSA) is 67.9 Å². The zero-order valence-corrected chi connectivity index (χ0v) is 12.8. The Morgan fingerprint density at radius 3 is 2.71 bits per heavy atom. The van der Waals surface area contributed by atoms with E-state index in [0.717, 1.165) is 45.4 Å². The fraction of sp³-hybridized carbons (Fsp3) is 0.867. The second-order valence-electron chi connectivity index (χ2n) is 5.83. The summed E-state index contributed by atoms with van der Waals surface area (Å²) in [6.07, 6.45) is 5.45. The van der Waals surface area contributed by atoms with Crippen molar-refractivity contribution < 1.29 is 19.1 Å². The Morgan fingerprint density at radius 2 is 2.05 bits per heavy atom. The van der Waals surface area contributed by atoms with Crippen LogP contribution in [0.4, 0.5) is 0 Å². The highest BCUT2D eigenvalue weighted by atomic mass is 16.5. The van der Waals surface area contributed by atoms with Gasteiger partial charge in [0.2, 0.25) is 11.8 Å². The lowest BCUT2D eigenvalue weighted by molar-refractivity contribution is -0.138. The number of carbonyl (C=O) groups is 2. The Bertz CT molecular complexity index is 350. The van der Waals surface area contributed by atoms with Crippen LogP contribution in [0, 0.1) is 0 Å². The SMILES string of the molecule is C[C@H](NC(=O)COC[C@@H]1CCCO1)C(=O)N1CCCCC1. The van der Waals surface area contributed by atoms with E-state index >= 15 is 0 Å². The lowest BCUT2D eigenvalue weighted by Crippen LogP contribution is -2.49. The zero-order valence-electron chi connectivity index (χ0n) is 12.8. The van der Waals surface area contributed by atoms with Crippen LogP contribution < -0.4 is 5.32 Å². The molecule has 21 heavy (non-hydrogen) atoms. The van der Waals surface area contributed by atoms with Gasteiger partial charge in [0.15, 0.2) is 0 Å². The second-order valence-corrected chi connectivity index (χ2v) is 5.83. The van der Waals surface area contributed by atoms with Crippen LogP contribution in [0.25, 0.3) is 0 Å². The van der Waals surface area contributed by atoms with Crippen molar-refractivity contribution in [1.82, 2.24) is 10.2 Å². The third-order valence-corrected chi connectivity index (χ3v) is 3.98. The molecule has 2 aliphatic rings. The standard InChI is InChI=1S/C15H26N2O4/c1-12(15(19)17-7-3-2-4-8-17)16-14(18)11-20-10-13-6-5-9-21-13/h12-13H,2-11H2,1H3,(H,16,18)/t12-,13-/m0/s1. The van der Waals surface area contributed by atoms with Crippen molar-refractivity contribution in [2.24, 2.45) is 0 Å². The number of nitrogens with zero attached hydrogens (tertiary/aromatic N) is 1. The Kier molecular flexibility index (Phi) is 6.45. The van der Waals surface area contributed by atoms with Crippen molar-refractivity contribution in [2.45, 2.75) is 51.2 Å². The molecule has 0 aromatic carbocycles. The summed E-state index contributed by atoms with van der Waals surface area (Å²) in [5, 5.41) is 2.71. The Labute approximate surface area is 126 Å². The fourth-order valence-corrected chi connectivity index (χ4v) is 2.79. The van der Waals surface area contributed by atoms with Gasteiger partial charge in [0.1, 0.15) is 12.6 Å². The average molecular weight is 298 g/mol. The Balaban J connectivity index is 1.62. The molecular formula is C15H26N2O4. The van der Waals surface area contributed by atoms with Crippen LogP contribution in [0.5, 0.6) is 0 Å². The molecule has 120 valence electrons. The van der Waals surface area contributed by atoms with Crippen LogP contribution in [0.1, 0.15) is 39.0 Å². The summed E-state index contributed by atoms with van der Waals surface area (Å²) in [5.74, 6) is -0.243. The molecule has 2 aliphatic heterocycles. The monoisotopic (exact) mass is 298 g/mol. The van der Waals surface area contributed by atoms with Crippen LogP contribution in [-0.4, -0.2) is 61.8 Å². The molecule has 2 amide bonds. The van der Waals surface area contributed by atoms with E-state index in [1.807, 2.05) is 4.90 Å². The first-order valence-corrected chi connectivity index (χ1v) is 7.94. The first-order valence-electron chi connectivity index (χ1n) is 7.94. The van der Waals surface area contributed by atoms with Crippen molar-refractivity contribution in [2.75, 3.05) is 32.9 Å². The first kappa shape index (κ1) is 16.2. The summed E-state index contributed by atoms with van der Waals surface area (Å²) in [7, 11) is 0. The molecule has 2 atom stereocenters. The molecule has 1 N–H and O–H groups in total. The number of carbonyl (C=O) groups excluding carboxylic acids is 2. The molecule has 6 nitrogen and oxygen atoms in total. The van der Waals surface area contributed by atoms with E-state index in [4.69, 9.17) is 9.47 Å². The van der Waals surface area contributed by atoms with E-state index in [9.17, 15) is 9.59 Å². The van der Waals surface area contributed by atoms with Gasteiger partial charge in [-0.15, -0.1) is 0 Å². The lowest BCUT2D eigenvalue weighted by atomic mass is 10.1. The summed E-state index contributed by atoms with van der Waals surface area (Å²) in [6.45, 7) is 4.54. The summed E-state index contributed by atoms with van der Waals surface area (Å²) >= 11 is 0. The van der Waals surface area contributed by atoms with Gasteiger partial charge in [0.25, 0.3) is 0 Å². The molecule has 0 aliphatic carbocycles. The molecule has 2 heterocycles. The van der Waals surface area contributed by atoms with Gasteiger partial charge in [-0.3, -0.25) is 9.59 Å². The van der Waals surface area contributed by atoms with E-state index < -0.39 is 6.04 Å². The van der Waals surface area contributed by atoms with Crippen LogP contribution in [0.2, 0.25) is 0 Å². The third kappa shape index (κ3) is 5.28. The molecule has 2 rings (SSSR count). The highest BCUT2D eigenvalue weighted by molar-refractivity contribution is 5.87. The molecular weight excluding hydrogens is 272 g/mol. The number of ether oxygens (including phenoxy) is 2. The van der Waals surface area contributed by atoms with Gasteiger partial charge >= 0.3 is 0 Å². The minimum absolute atomic E-state index is 0.00202. The average Bonchev–Trinajstić information content (AvgIpc) is 3.00. The number of hydrogen-bond donors (Lipinski definition) is 1. The summed E-state index contributed by atoms with van der Waals surface area (Å²) in [5.41, 5.74) is 0. The van der Waals surface area contributed by atoms with E-state index in [0.29, 0.717) is 6.61 Å². The first-order chi connectivity index (χ1) is 10.2. The maximum Gasteiger partial charge on any atom is 0.246 e. The van der Waals surface area contributed by atoms with Gasteiger partial charge in [-0.2, -0.15) is 0 Å². The number of hydrogen-bond acceptors (Lipinski definition) is 4. The fourth-order valence-electron chi connectivity index (χ4n) is 2.79. The molecule has 0 aromatic rings. The summed E-state index contributed by atoms with van der Waals surface area (Å²) < 4.78 is 10.8. The van der Waals surface area contributed by atoms with Gasteiger partial charge in [-0.25, -0.2) is 0 Å². The van der Waals surface area contributed by atoms with Crippen LogP contribution in [-0.2, 0) is 19.1 Å². The van der Waals surface area contributed by atoms with E-state index in [1.54, 1.807) is 6.92 Å². The zero-order chi connectivity index (χ0) is 15.1. The van der Waals surface area contributed by atoms with Crippen molar-refractivity contribution in [1.29, 1.82) is 0 Å². The van der Waals surface area contributed by atoms with Gasteiger partial charge in [-0.05, 0) is 39.0 Å². The molecule has 6 heteroatoms. The Hall–Kier alpha value is -1.14. The number of rotatable bonds is 6. The predicted molar refractivity (Wildman–Crippen MR) is 77.8 cm³/mol. The molecule has 2 fully saturated rings. The minimum Gasteiger partial charge on any atom is -0.376 e. The summed E-state index contributed by atoms with van der Waals surface area (Å²) in [4.78, 5) is 25.8. The van der Waals surface area contributed by atoms with Gasteiger partial charge in [-0.1, -0.05) is 0 Å².